The van der Waals surface area contributed by atoms with Crippen molar-refractivity contribution >= 4 is 21.9 Å². The minimum Gasteiger partial charge on any atom is -0.475 e. The third-order valence-electron chi connectivity index (χ3n) is 3.06. The van der Waals surface area contributed by atoms with Crippen molar-refractivity contribution in [1.29, 1.82) is 0 Å². The molecule has 2 atom stereocenters. The third-order valence-corrected chi connectivity index (χ3v) is 4.42. The van der Waals surface area contributed by atoms with Crippen LogP contribution in [0.2, 0.25) is 0 Å². The summed E-state index contributed by atoms with van der Waals surface area (Å²) in [5.74, 6) is 2.04. The number of nitrogens with zero attached hydrogens (tertiary/aromatic N) is 3. The van der Waals surface area contributed by atoms with Gasteiger partial charge in [-0.05, 0) is 26.2 Å². The molecule has 5 heteroatoms. The Morgan fingerprint density at radius 2 is 2.28 bits per heavy atom. The van der Waals surface area contributed by atoms with Gasteiger partial charge in [0.1, 0.15) is 0 Å². The number of ether oxygens (including phenoxy) is 1. The molecule has 4 nitrogen and oxygen atoms in total. The lowest BCUT2D eigenvalue weighted by atomic mass is 10.0. The van der Waals surface area contributed by atoms with E-state index in [2.05, 4.69) is 37.7 Å². The van der Waals surface area contributed by atoms with Gasteiger partial charge in [-0.15, -0.1) is 0 Å². The number of hydrogen-bond donors (Lipinski definition) is 0. The second-order valence-electron chi connectivity index (χ2n) is 5.09. The maximum atomic E-state index is 5.61. The van der Waals surface area contributed by atoms with Crippen LogP contribution >= 0.6 is 15.9 Å². The molecule has 0 bridgehead atoms. The predicted octanol–water partition coefficient (Wildman–Crippen LogP) is 2.87. The number of hydrogen-bond acceptors (Lipinski definition) is 4. The van der Waals surface area contributed by atoms with Gasteiger partial charge in [0.05, 0.1) is 6.10 Å². The van der Waals surface area contributed by atoms with Crippen molar-refractivity contribution in [3.05, 3.63) is 12.3 Å². The lowest BCUT2D eigenvalue weighted by Gasteiger charge is -2.34. The smallest absolute Gasteiger partial charge is 0.228 e. The van der Waals surface area contributed by atoms with E-state index in [1.807, 2.05) is 19.9 Å². The van der Waals surface area contributed by atoms with E-state index in [1.54, 1.807) is 6.20 Å². The molecule has 100 valence electrons. The van der Waals surface area contributed by atoms with Crippen LogP contribution in [0, 0.1) is 5.92 Å². The highest BCUT2D eigenvalue weighted by Crippen LogP contribution is 2.26. The average molecular weight is 314 g/mol. The number of anilines is 1. The molecule has 1 aliphatic rings. The second kappa shape index (κ2) is 5.87. The van der Waals surface area contributed by atoms with Crippen LogP contribution < -0.4 is 9.64 Å². The molecular formula is C13H20BrN3O. The Bertz CT molecular complexity index is 400. The van der Waals surface area contributed by atoms with E-state index < -0.39 is 0 Å². The Morgan fingerprint density at radius 3 is 2.94 bits per heavy atom. The summed E-state index contributed by atoms with van der Waals surface area (Å²) in [6.45, 7) is 8.23. The summed E-state index contributed by atoms with van der Waals surface area (Å²) in [6, 6.07) is 1.81. The van der Waals surface area contributed by atoms with Crippen LogP contribution in [0.25, 0.3) is 0 Å². The first-order valence-electron chi connectivity index (χ1n) is 6.45. The lowest BCUT2D eigenvalue weighted by Crippen LogP contribution is -2.40. The average Bonchev–Trinajstić information content (AvgIpc) is 2.32. The van der Waals surface area contributed by atoms with Crippen molar-refractivity contribution in [3.63, 3.8) is 0 Å². The summed E-state index contributed by atoms with van der Waals surface area (Å²) in [5.41, 5.74) is 0. The van der Waals surface area contributed by atoms with Crippen molar-refractivity contribution in [1.82, 2.24) is 9.97 Å². The predicted molar refractivity (Wildman–Crippen MR) is 76.5 cm³/mol. The van der Waals surface area contributed by atoms with Crippen LogP contribution in [-0.4, -0.2) is 34.0 Å². The molecule has 2 heterocycles. The largest absolute Gasteiger partial charge is 0.475 e. The van der Waals surface area contributed by atoms with Gasteiger partial charge in [0.25, 0.3) is 0 Å². The van der Waals surface area contributed by atoms with Gasteiger partial charge in [0, 0.05) is 30.2 Å². The van der Waals surface area contributed by atoms with Gasteiger partial charge in [-0.1, -0.05) is 22.9 Å². The zero-order valence-electron chi connectivity index (χ0n) is 11.1. The summed E-state index contributed by atoms with van der Waals surface area (Å²) in [4.78, 5) is 11.7. The standard InChI is InChI=1S/C13H20BrN3O/c1-9(2)18-12-4-6-15-13(16-12)17-7-5-11(14)10(3)8-17/h4,6,9-11H,5,7-8H2,1-3H3. The zero-order valence-corrected chi connectivity index (χ0v) is 12.7. The van der Waals surface area contributed by atoms with Crippen LogP contribution in [0.1, 0.15) is 27.2 Å². The first-order valence-corrected chi connectivity index (χ1v) is 7.36. The number of piperidine rings is 1. The molecule has 1 aromatic rings. The van der Waals surface area contributed by atoms with E-state index in [0.717, 1.165) is 25.5 Å². The SMILES string of the molecule is CC(C)Oc1ccnc(N2CCC(Br)C(C)C2)n1. The number of aromatic nitrogens is 2. The molecule has 2 unspecified atom stereocenters. The molecule has 0 saturated carbocycles. The van der Waals surface area contributed by atoms with Crippen molar-refractivity contribution in [3.8, 4) is 5.88 Å². The van der Waals surface area contributed by atoms with Crippen LogP contribution in [0.5, 0.6) is 5.88 Å². The minimum absolute atomic E-state index is 0.139. The third kappa shape index (κ3) is 3.34. The fourth-order valence-corrected chi connectivity index (χ4v) is 2.46. The molecule has 0 aromatic carbocycles. The van der Waals surface area contributed by atoms with E-state index >= 15 is 0 Å². The van der Waals surface area contributed by atoms with Crippen molar-refractivity contribution in [2.24, 2.45) is 5.92 Å². The maximum Gasteiger partial charge on any atom is 0.228 e. The first-order chi connectivity index (χ1) is 8.56. The second-order valence-corrected chi connectivity index (χ2v) is 6.27. The first kappa shape index (κ1) is 13.6. The van der Waals surface area contributed by atoms with Gasteiger partial charge in [0.2, 0.25) is 11.8 Å². The number of rotatable bonds is 3. The van der Waals surface area contributed by atoms with Crippen LogP contribution in [-0.2, 0) is 0 Å². The fourth-order valence-electron chi connectivity index (χ4n) is 2.09. The summed E-state index contributed by atoms with van der Waals surface area (Å²) in [7, 11) is 0. The monoisotopic (exact) mass is 313 g/mol. The molecule has 0 N–H and O–H groups in total. The summed E-state index contributed by atoms with van der Waals surface area (Å²) < 4.78 is 5.61. The molecule has 0 radical (unpaired) electrons. The minimum atomic E-state index is 0.139. The Kier molecular flexibility index (Phi) is 4.43. The molecule has 18 heavy (non-hydrogen) atoms. The van der Waals surface area contributed by atoms with Gasteiger partial charge >= 0.3 is 0 Å². The van der Waals surface area contributed by atoms with Gasteiger partial charge < -0.3 is 9.64 Å². The molecule has 1 aliphatic heterocycles. The fraction of sp³-hybridized carbons (Fsp3) is 0.692. The highest BCUT2D eigenvalue weighted by Gasteiger charge is 2.25. The van der Waals surface area contributed by atoms with Crippen LogP contribution in [0.4, 0.5) is 5.95 Å². The molecule has 1 aromatic heterocycles. The highest BCUT2D eigenvalue weighted by molar-refractivity contribution is 9.09. The van der Waals surface area contributed by atoms with Gasteiger partial charge in [-0.25, -0.2) is 4.98 Å². The van der Waals surface area contributed by atoms with Gasteiger partial charge in [-0.2, -0.15) is 4.98 Å². The summed E-state index contributed by atoms with van der Waals surface area (Å²) in [6.07, 6.45) is 3.03. The summed E-state index contributed by atoms with van der Waals surface area (Å²) >= 11 is 3.71. The topological polar surface area (TPSA) is 38.2 Å². The van der Waals surface area contributed by atoms with Crippen molar-refractivity contribution in [2.75, 3.05) is 18.0 Å². The van der Waals surface area contributed by atoms with E-state index in [-0.39, 0.29) is 6.10 Å². The Balaban J connectivity index is 2.08. The lowest BCUT2D eigenvalue weighted by molar-refractivity contribution is 0.232. The quantitative estimate of drug-likeness (QED) is 0.804. The van der Waals surface area contributed by atoms with E-state index in [0.29, 0.717) is 16.6 Å². The number of alkyl halides is 1. The maximum absolute atomic E-state index is 5.61. The van der Waals surface area contributed by atoms with E-state index in [4.69, 9.17) is 4.74 Å². The molecule has 1 fully saturated rings. The van der Waals surface area contributed by atoms with Crippen molar-refractivity contribution in [2.45, 2.75) is 38.1 Å². The Labute approximate surface area is 117 Å². The Hall–Kier alpha value is -0.840. The highest BCUT2D eigenvalue weighted by atomic mass is 79.9. The normalized spacial score (nSPS) is 24.4. The van der Waals surface area contributed by atoms with Crippen molar-refractivity contribution < 1.29 is 4.74 Å². The summed E-state index contributed by atoms with van der Waals surface area (Å²) in [5, 5.41) is 0. The zero-order chi connectivity index (χ0) is 13.1. The van der Waals surface area contributed by atoms with Crippen LogP contribution in [0.3, 0.4) is 0 Å². The van der Waals surface area contributed by atoms with Gasteiger partial charge in [0.15, 0.2) is 0 Å². The van der Waals surface area contributed by atoms with Gasteiger partial charge in [-0.3, -0.25) is 0 Å². The van der Waals surface area contributed by atoms with E-state index in [9.17, 15) is 0 Å². The molecule has 1 saturated heterocycles. The molecule has 0 amide bonds. The molecule has 0 spiro atoms. The molecule has 0 aliphatic carbocycles. The van der Waals surface area contributed by atoms with E-state index in [1.165, 1.54) is 0 Å². The molecular weight excluding hydrogens is 294 g/mol. The molecule has 2 rings (SSSR count). The Morgan fingerprint density at radius 1 is 1.50 bits per heavy atom. The number of halogens is 1. The van der Waals surface area contributed by atoms with Crippen LogP contribution in [0.15, 0.2) is 12.3 Å².